The first kappa shape index (κ1) is 10.3. The average Bonchev–Trinajstić information content (AvgIpc) is 2.06. The van der Waals surface area contributed by atoms with E-state index >= 15 is 0 Å². The van der Waals surface area contributed by atoms with E-state index in [0.29, 0.717) is 0 Å². The summed E-state index contributed by atoms with van der Waals surface area (Å²) in [6.07, 6.45) is 2.43. The lowest BCUT2D eigenvalue weighted by molar-refractivity contribution is 0.0564. The molecule has 0 amide bonds. The van der Waals surface area contributed by atoms with Gasteiger partial charge in [0.15, 0.2) is 0 Å². The molecule has 0 aromatic rings. The molecule has 3 heteroatoms. The Morgan fingerprint density at radius 1 is 1.42 bits per heavy atom. The van der Waals surface area contributed by atoms with Crippen LogP contribution in [0.3, 0.4) is 0 Å². The molecular weight excluding hydrogens is 174 g/mol. The standard InChI is InChI=1S/C9H18ClNO/c1-11(5-4-10)8-9-2-6-12-7-3-9/h9H,2-8H2,1H3. The summed E-state index contributed by atoms with van der Waals surface area (Å²) >= 11 is 5.65. The van der Waals surface area contributed by atoms with Crippen LogP contribution in [-0.4, -0.2) is 44.1 Å². The Morgan fingerprint density at radius 3 is 2.67 bits per heavy atom. The highest BCUT2D eigenvalue weighted by Gasteiger charge is 2.14. The lowest BCUT2D eigenvalue weighted by Gasteiger charge is -2.26. The lowest BCUT2D eigenvalue weighted by atomic mass is 10.00. The van der Waals surface area contributed by atoms with Crippen molar-refractivity contribution in [3.8, 4) is 0 Å². The van der Waals surface area contributed by atoms with Gasteiger partial charge in [-0.15, -0.1) is 11.6 Å². The van der Waals surface area contributed by atoms with Gasteiger partial charge in [-0.2, -0.15) is 0 Å². The summed E-state index contributed by atoms with van der Waals surface area (Å²) in [6, 6.07) is 0. The van der Waals surface area contributed by atoms with Crippen molar-refractivity contribution < 1.29 is 4.74 Å². The zero-order valence-electron chi connectivity index (χ0n) is 7.76. The molecule has 1 saturated heterocycles. The normalized spacial score (nSPS) is 20.2. The molecule has 1 aliphatic rings. The molecular formula is C9H18ClNO. The number of hydrogen-bond donors (Lipinski definition) is 0. The minimum atomic E-state index is 0.736. The first-order valence-corrected chi connectivity index (χ1v) is 5.18. The number of ether oxygens (including phenoxy) is 1. The van der Waals surface area contributed by atoms with Crippen molar-refractivity contribution >= 4 is 11.6 Å². The van der Waals surface area contributed by atoms with Crippen LogP contribution in [0.5, 0.6) is 0 Å². The average molecular weight is 192 g/mol. The highest BCUT2D eigenvalue weighted by atomic mass is 35.5. The zero-order chi connectivity index (χ0) is 8.81. The van der Waals surface area contributed by atoms with Gasteiger partial charge in [0.25, 0.3) is 0 Å². The molecule has 0 atom stereocenters. The Morgan fingerprint density at radius 2 is 2.08 bits per heavy atom. The second-order valence-corrected chi connectivity index (χ2v) is 3.88. The topological polar surface area (TPSA) is 12.5 Å². The molecule has 1 heterocycles. The Balaban J connectivity index is 2.11. The van der Waals surface area contributed by atoms with Crippen molar-refractivity contribution in [3.63, 3.8) is 0 Å². The van der Waals surface area contributed by atoms with Crippen LogP contribution in [-0.2, 0) is 4.74 Å². The van der Waals surface area contributed by atoms with Crippen LogP contribution >= 0.6 is 11.6 Å². The van der Waals surface area contributed by atoms with Crippen LogP contribution in [0.1, 0.15) is 12.8 Å². The number of alkyl halides is 1. The summed E-state index contributed by atoms with van der Waals surface area (Å²) in [5.41, 5.74) is 0. The van der Waals surface area contributed by atoms with Gasteiger partial charge in [0.2, 0.25) is 0 Å². The van der Waals surface area contributed by atoms with E-state index in [4.69, 9.17) is 16.3 Å². The van der Waals surface area contributed by atoms with Crippen LogP contribution in [0.2, 0.25) is 0 Å². The third-order valence-electron chi connectivity index (χ3n) is 2.38. The van der Waals surface area contributed by atoms with E-state index in [0.717, 1.165) is 31.6 Å². The van der Waals surface area contributed by atoms with Crippen LogP contribution < -0.4 is 0 Å². The molecule has 1 fully saturated rings. The number of halogens is 1. The predicted octanol–water partition coefficient (Wildman–Crippen LogP) is 1.58. The quantitative estimate of drug-likeness (QED) is 0.626. The van der Waals surface area contributed by atoms with E-state index in [1.807, 2.05) is 0 Å². The number of hydrogen-bond acceptors (Lipinski definition) is 2. The van der Waals surface area contributed by atoms with Gasteiger partial charge in [0.05, 0.1) is 0 Å². The van der Waals surface area contributed by atoms with Crippen molar-refractivity contribution in [2.24, 2.45) is 5.92 Å². The molecule has 0 unspecified atom stereocenters. The molecule has 72 valence electrons. The van der Waals surface area contributed by atoms with Gasteiger partial charge in [0, 0.05) is 32.2 Å². The molecule has 0 radical (unpaired) electrons. The third-order valence-corrected chi connectivity index (χ3v) is 2.55. The fourth-order valence-corrected chi connectivity index (χ4v) is 1.89. The summed E-state index contributed by atoms with van der Waals surface area (Å²) in [5, 5.41) is 0. The number of nitrogens with zero attached hydrogens (tertiary/aromatic N) is 1. The minimum Gasteiger partial charge on any atom is -0.381 e. The molecule has 0 aromatic heterocycles. The van der Waals surface area contributed by atoms with Gasteiger partial charge in [-0.1, -0.05) is 0 Å². The molecule has 1 aliphatic heterocycles. The van der Waals surface area contributed by atoms with E-state index in [-0.39, 0.29) is 0 Å². The summed E-state index contributed by atoms with van der Waals surface area (Å²) in [6.45, 7) is 4.06. The first-order chi connectivity index (χ1) is 5.83. The highest BCUT2D eigenvalue weighted by Crippen LogP contribution is 2.15. The summed E-state index contributed by atoms with van der Waals surface area (Å²) < 4.78 is 5.30. The van der Waals surface area contributed by atoms with Gasteiger partial charge >= 0.3 is 0 Å². The van der Waals surface area contributed by atoms with E-state index < -0.39 is 0 Å². The predicted molar refractivity (Wildman–Crippen MR) is 51.8 cm³/mol. The molecule has 0 aromatic carbocycles. The molecule has 0 N–H and O–H groups in total. The summed E-state index contributed by atoms with van der Waals surface area (Å²) in [5.74, 6) is 1.56. The molecule has 0 spiro atoms. The van der Waals surface area contributed by atoms with Crippen molar-refractivity contribution in [2.45, 2.75) is 12.8 Å². The Labute approximate surface area is 79.8 Å². The first-order valence-electron chi connectivity index (χ1n) is 4.65. The Kier molecular flexibility index (Phi) is 4.96. The van der Waals surface area contributed by atoms with Gasteiger partial charge in [0.1, 0.15) is 0 Å². The summed E-state index contributed by atoms with van der Waals surface area (Å²) in [7, 11) is 2.14. The maximum atomic E-state index is 5.65. The van der Waals surface area contributed by atoms with Crippen LogP contribution in [0.25, 0.3) is 0 Å². The fourth-order valence-electron chi connectivity index (χ4n) is 1.61. The van der Waals surface area contributed by atoms with Gasteiger partial charge in [-0.05, 0) is 25.8 Å². The highest BCUT2D eigenvalue weighted by molar-refractivity contribution is 6.18. The van der Waals surface area contributed by atoms with Crippen LogP contribution in [0, 0.1) is 5.92 Å². The third kappa shape index (κ3) is 3.74. The van der Waals surface area contributed by atoms with Gasteiger partial charge in [-0.3, -0.25) is 0 Å². The maximum Gasteiger partial charge on any atom is 0.0469 e. The molecule has 2 nitrogen and oxygen atoms in total. The lowest BCUT2D eigenvalue weighted by Crippen LogP contribution is -2.30. The zero-order valence-corrected chi connectivity index (χ0v) is 8.52. The van der Waals surface area contributed by atoms with Gasteiger partial charge < -0.3 is 9.64 Å². The number of rotatable bonds is 4. The fraction of sp³-hybridized carbons (Fsp3) is 1.00. The van der Waals surface area contributed by atoms with E-state index in [9.17, 15) is 0 Å². The molecule has 0 aliphatic carbocycles. The van der Waals surface area contributed by atoms with E-state index in [2.05, 4.69) is 11.9 Å². The Hall–Kier alpha value is 0.210. The Bertz CT molecular complexity index is 115. The molecule has 0 saturated carbocycles. The second-order valence-electron chi connectivity index (χ2n) is 3.51. The molecule has 0 bridgehead atoms. The largest absolute Gasteiger partial charge is 0.381 e. The van der Waals surface area contributed by atoms with E-state index in [1.54, 1.807) is 0 Å². The van der Waals surface area contributed by atoms with E-state index in [1.165, 1.54) is 19.4 Å². The van der Waals surface area contributed by atoms with Gasteiger partial charge in [-0.25, -0.2) is 0 Å². The maximum absolute atomic E-state index is 5.65. The van der Waals surface area contributed by atoms with Crippen LogP contribution in [0.15, 0.2) is 0 Å². The SMILES string of the molecule is CN(CCCl)CC1CCOCC1. The monoisotopic (exact) mass is 191 g/mol. The molecule has 1 rings (SSSR count). The van der Waals surface area contributed by atoms with Crippen molar-refractivity contribution in [2.75, 3.05) is 39.2 Å². The van der Waals surface area contributed by atoms with Crippen molar-refractivity contribution in [3.05, 3.63) is 0 Å². The van der Waals surface area contributed by atoms with Crippen molar-refractivity contribution in [1.82, 2.24) is 4.90 Å². The summed E-state index contributed by atoms with van der Waals surface area (Å²) in [4.78, 5) is 2.31. The molecule has 12 heavy (non-hydrogen) atoms. The second kappa shape index (κ2) is 5.79. The minimum absolute atomic E-state index is 0.736. The van der Waals surface area contributed by atoms with Crippen LogP contribution in [0.4, 0.5) is 0 Å². The van der Waals surface area contributed by atoms with Crippen molar-refractivity contribution in [1.29, 1.82) is 0 Å². The smallest absolute Gasteiger partial charge is 0.0469 e.